The molecular formula is C18H15ClN2O3S2. The summed E-state index contributed by atoms with van der Waals surface area (Å²) in [5.74, 6) is -0.392. The predicted octanol–water partition coefficient (Wildman–Crippen LogP) is 4.76. The fourth-order valence-corrected chi connectivity index (χ4v) is 4.51. The zero-order chi connectivity index (χ0) is 18.7. The molecule has 0 bridgehead atoms. The highest BCUT2D eigenvalue weighted by Gasteiger charge is 2.22. The number of aryl methyl sites for hydroxylation is 1. The zero-order valence-corrected chi connectivity index (χ0v) is 16.1. The minimum Gasteiger partial charge on any atom is -0.321 e. The fourth-order valence-electron chi connectivity index (χ4n) is 2.25. The smallest absolute Gasteiger partial charge is 0.267 e. The Morgan fingerprint density at radius 3 is 2.35 bits per heavy atom. The summed E-state index contributed by atoms with van der Waals surface area (Å²) in [5.41, 5.74) is 1.53. The third kappa shape index (κ3) is 4.07. The van der Waals surface area contributed by atoms with E-state index >= 15 is 0 Å². The van der Waals surface area contributed by atoms with Gasteiger partial charge in [-0.25, -0.2) is 8.42 Å². The number of anilines is 2. The van der Waals surface area contributed by atoms with Gasteiger partial charge in [-0.1, -0.05) is 29.8 Å². The van der Waals surface area contributed by atoms with E-state index < -0.39 is 15.9 Å². The standard InChI is InChI=1S/C18H15ClN2O3S2/c1-12-11-25-17(18(22)20-14-9-7-13(19)8-10-14)16(12)21-26(23,24)15-5-3-2-4-6-15/h2-11,21H,1H3,(H,20,22). The third-order valence-corrected chi connectivity index (χ3v) is 6.29. The SMILES string of the molecule is Cc1csc(C(=O)Nc2ccc(Cl)cc2)c1NS(=O)(=O)c1ccccc1. The Labute approximate surface area is 160 Å². The Morgan fingerprint density at radius 1 is 1.04 bits per heavy atom. The van der Waals surface area contributed by atoms with E-state index in [9.17, 15) is 13.2 Å². The van der Waals surface area contributed by atoms with E-state index in [0.29, 0.717) is 16.3 Å². The summed E-state index contributed by atoms with van der Waals surface area (Å²) in [4.78, 5) is 13.0. The van der Waals surface area contributed by atoms with Crippen molar-refractivity contribution in [3.63, 3.8) is 0 Å². The van der Waals surface area contributed by atoms with Crippen LogP contribution in [0, 0.1) is 6.92 Å². The van der Waals surface area contributed by atoms with Crippen molar-refractivity contribution >= 4 is 50.2 Å². The normalized spacial score (nSPS) is 11.2. The van der Waals surface area contributed by atoms with Crippen molar-refractivity contribution in [1.82, 2.24) is 0 Å². The first-order chi connectivity index (χ1) is 12.4. The number of carbonyl (C=O) groups is 1. The number of amides is 1. The number of rotatable bonds is 5. The van der Waals surface area contributed by atoms with Gasteiger partial charge in [0.15, 0.2) is 0 Å². The van der Waals surface area contributed by atoms with Crippen molar-refractivity contribution in [3.05, 3.63) is 75.4 Å². The van der Waals surface area contributed by atoms with Crippen LogP contribution in [-0.2, 0) is 10.0 Å². The minimum absolute atomic E-state index is 0.134. The third-order valence-electron chi connectivity index (χ3n) is 3.57. The van der Waals surface area contributed by atoms with Crippen LogP contribution in [0.2, 0.25) is 5.02 Å². The first kappa shape index (κ1) is 18.4. The van der Waals surface area contributed by atoms with Crippen LogP contribution in [0.1, 0.15) is 15.2 Å². The Bertz CT molecular complexity index is 1030. The topological polar surface area (TPSA) is 75.3 Å². The molecule has 1 amide bonds. The average Bonchev–Trinajstić information content (AvgIpc) is 2.98. The van der Waals surface area contributed by atoms with E-state index in [1.54, 1.807) is 54.8 Å². The molecule has 26 heavy (non-hydrogen) atoms. The Balaban J connectivity index is 1.87. The zero-order valence-electron chi connectivity index (χ0n) is 13.7. The second kappa shape index (κ2) is 7.49. The van der Waals surface area contributed by atoms with Gasteiger partial charge in [0.1, 0.15) is 4.88 Å². The molecule has 2 aromatic carbocycles. The van der Waals surface area contributed by atoms with Gasteiger partial charge in [0.05, 0.1) is 10.6 Å². The molecule has 0 aliphatic heterocycles. The van der Waals surface area contributed by atoms with Crippen LogP contribution in [0.3, 0.4) is 0 Å². The molecule has 1 heterocycles. The average molecular weight is 407 g/mol. The fraction of sp³-hybridized carbons (Fsp3) is 0.0556. The van der Waals surface area contributed by atoms with Crippen molar-refractivity contribution in [2.24, 2.45) is 0 Å². The highest BCUT2D eigenvalue weighted by atomic mass is 35.5. The second-order valence-electron chi connectivity index (χ2n) is 5.50. The van der Waals surface area contributed by atoms with E-state index in [-0.39, 0.29) is 15.5 Å². The van der Waals surface area contributed by atoms with Crippen LogP contribution in [0.15, 0.2) is 64.9 Å². The molecule has 0 atom stereocenters. The molecule has 0 aliphatic rings. The summed E-state index contributed by atoms with van der Waals surface area (Å²) in [7, 11) is -3.78. The summed E-state index contributed by atoms with van der Waals surface area (Å²) in [6.45, 7) is 1.75. The van der Waals surface area contributed by atoms with Crippen LogP contribution >= 0.6 is 22.9 Å². The molecule has 1 aromatic heterocycles. The lowest BCUT2D eigenvalue weighted by molar-refractivity contribution is 0.103. The van der Waals surface area contributed by atoms with Crippen molar-refractivity contribution in [2.45, 2.75) is 11.8 Å². The summed E-state index contributed by atoms with van der Waals surface area (Å²) < 4.78 is 27.7. The van der Waals surface area contributed by atoms with Gasteiger partial charge < -0.3 is 5.32 Å². The molecule has 0 fully saturated rings. The van der Waals surface area contributed by atoms with Crippen LogP contribution in [0.5, 0.6) is 0 Å². The molecule has 134 valence electrons. The van der Waals surface area contributed by atoms with E-state index in [4.69, 9.17) is 11.6 Å². The highest BCUT2D eigenvalue weighted by Crippen LogP contribution is 2.30. The lowest BCUT2D eigenvalue weighted by Crippen LogP contribution is -2.17. The molecule has 0 saturated carbocycles. The number of carbonyl (C=O) groups excluding carboxylic acids is 1. The second-order valence-corrected chi connectivity index (χ2v) is 8.50. The number of sulfonamides is 1. The van der Waals surface area contributed by atoms with Gasteiger partial charge in [-0.3, -0.25) is 9.52 Å². The van der Waals surface area contributed by atoms with Gasteiger partial charge in [0.2, 0.25) is 0 Å². The number of hydrogen-bond donors (Lipinski definition) is 2. The van der Waals surface area contributed by atoms with Gasteiger partial charge in [-0.05, 0) is 54.3 Å². The molecule has 3 rings (SSSR count). The van der Waals surface area contributed by atoms with Crippen molar-refractivity contribution < 1.29 is 13.2 Å². The lowest BCUT2D eigenvalue weighted by atomic mass is 10.2. The van der Waals surface area contributed by atoms with Crippen molar-refractivity contribution in [2.75, 3.05) is 10.0 Å². The molecule has 0 radical (unpaired) electrons. The number of hydrogen-bond acceptors (Lipinski definition) is 4. The van der Waals surface area contributed by atoms with E-state index in [0.717, 1.165) is 0 Å². The van der Waals surface area contributed by atoms with Crippen molar-refractivity contribution in [1.29, 1.82) is 0 Å². The molecule has 0 spiro atoms. The minimum atomic E-state index is -3.78. The molecule has 0 unspecified atom stereocenters. The summed E-state index contributed by atoms with van der Waals surface area (Å²) >= 11 is 7.01. The lowest BCUT2D eigenvalue weighted by Gasteiger charge is -2.11. The molecular weight excluding hydrogens is 392 g/mol. The summed E-state index contributed by atoms with van der Waals surface area (Å²) in [6.07, 6.45) is 0. The van der Waals surface area contributed by atoms with Crippen LogP contribution in [0.25, 0.3) is 0 Å². The molecule has 2 N–H and O–H groups in total. The quantitative estimate of drug-likeness (QED) is 0.641. The van der Waals surface area contributed by atoms with Gasteiger partial charge >= 0.3 is 0 Å². The Hall–Kier alpha value is -2.35. The Kier molecular flexibility index (Phi) is 5.31. The maximum absolute atomic E-state index is 12.6. The molecule has 0 aliphatic carbocycles. The number of nitrogens with one attached hydrogen (secondary N) is 2. The van der Waals surface area contributed by atoms with E-state index in [1.165, 1.54) is 23.5 Å². The van der Waals surface area contributed by atoms with Gasteiger partial charge in [0.25, 0.3) is 15.9 Å². The predicted molar refractivity (Wildman–Crippen MR) is 106 cm³/mol. The maximum atomic E-state index is 12.6. The molecule has 3 aromatic rings. The van der Waals surface area contributed by atoms with E-state index in [1.807, 2.05) is 0 Å². The maximum Gasteiger partial charge on any atom is 0.267 e. The molecule has 0 saturated heterocycles. The molecule has 5 nitrogen and oxygen atoms in total. The monoisotopic (exact) mass is 406 g/mol. The van der Waals surface area contributed by atoms with Gasteiger partial charge in [-0.15, -0.1) is 11.3 Å². The highest BCUT2D eigenvalue weighted by molar-refractivity contribution is 7.92. The van der Waals surface area contributed by atoms with E-state index in [2.05, 4.69) is 10.0 Å². The van der Waals surface area contributed by atoms with Crippen LogP contribution in [0.4, 0.5) is 11.4 Å². The largest absolute Gasteiger partial charge is 0.321 e. The van der Waals surface area contributed by atoms with Crippen LogP contribution < -0.4 is 10.0 Å². The summed E-state index contributed by atoms with van der Waals surface area (Å²) in [5, 5.41) is 5.04. The number of thiophene rings is 1. The first-order valence-corrected chi connectivity index (χ1v) is 10.3. The Morgan fingerprint density at radius 2 is 1.69 bits per heavy atom. The van der Waals surface area contributed by atoms with Crippen molar-refractivity contribution in [3.8, 4) is 0 Å². The van der Waals surface area contributed by atoms with Crippen LogP contribution in [-0.4, -0.2) is 14.3 Å². The van der Waals surface area contributed by atoms with Gasteiger partial charge in [-0.2, -0.15) is 0 Å². The van der Waals surface area contributed by atoms with Gasteiger partial charge in [0, 0.05) is 10.7 Å². The number of halogens is 1. The first-order valence-electron chi connectivity index (χ1n) is 7.60. The molecule has 8 heteroatoms. The summed E-state index contributed by atoms with van der Waals surface area (Å²) in [6, 6.07) is 14.7. The number of benzene rings is 2.